The van der Waals surface area contributed by atoms with Gasteiger partial charge in [0.2, 0.25) is 0 Å². The van der Waals surface area contributed by atoms with E-state index in [1.807, 2.05) is 0 Å². The molecule has 0 bridgehead atoms. The van der Waals surface area contributed by atoms with Gasteiger partial charge in [-0.15, -0.1) is 0 Å². The van der Waals surface area contributed by atoms with Crippen molar-refractivity contribution in [1.82, 2.24) is 4.90 Å². The molecule has 2 rings (SSSR count). The molecular formula is C23H35N3S. The van der Waals surface area contributed by atoms with Gasteiger partial charge in [0.25, 0.3) is 0 Å². The topological polar surface area (TPSA) is 27.3 Å². The summed E-state index contributed by atoms with van der Waals surface area (Å²) in [6, 6.07) is 20.9. The molecule has 0 aliphatic carbocycles. The second-order valence-corrected chi connectivity index (χ2v) is 7.52. The van der Waals surface area contributed by atoms with Crippen molar-refractivity contribution in [2.24, 2.45) is 0 Å². The second kappa shape index (κ2) is 13.5. The first kappa shape index (κ1) is 21.6. The number of anilines is 2. The summed E-state index contributed by atoms with van der Waals surface area (Å²) in [5.41, 5.74) is 2.42. The summed E-state index contributed by atoms with van der Waals surface area (Å²) in [6.45, 7) is 6.54. The quantitative estimate of drug-likeness (QED) is 0.220. The molecule has 0 aliphatic heterocycles. The van der Waals surface area contributed by atoms with Gasteiger partial charge in [0, 0.05) is 24.5 Å². The van der Waals surface area contributed by atoms with E-state index in [1.54, 1.807) is 0 Å². The number of nitrogens with one attached hydrogen (secondary N) is 2. The first-order valence-electron chi connectivity index (χ1n) is 10.3. The number of nitrogens with zero attached hydrogens (tertiary/aromatic N) is 1. The summed E-state index contributed by atoms with van der Waals surface area (Å²) in [6.07, 6.45) is 5.88. The van der Waals surface area contributed by atoms with E-state index < -0.39 is 0 Å². The number of benzene rings is 2. The van der Waals surface area contributed by atoms with Crippen molar-refractivity contribution in [3.63, 3.8) is 0 Å². The average Bonchev–Trinajstić information content (AvgIpc) is 2.72. The fourth-order valence-electron chi connectivity index (χ4n) is 3.13. The molecule has 27 heavy (non-hydrogen) atoms. The highest BCUT2D eigenvalue weighted by molar-refractivity contribution is 7.80. The fourth-order valence-corrected chi connectivity index (χ4v) is 3.36. The summed E-state index contributed by atoms with van der Waals surface area (Å²) >= 11 is 4.78. The minimum Gasteiger partial charge on any atom is -0.385 e. The maximum atomic E-state index is 4.78. The summed E-state index contributed by atoms with van der Waals surface area (Å²) < 4.78 is 0. The van der Waals surface area contributed by atoms with Crippen molar-refractivity contribution >= 4 is 24.0 Å². The van der Waals surface area contributed by atoms with Crippen LogP contribution >= 0.6 is 12.6 Å². The number of hydrogen-bond acceptors (Lipinski definition) is 4. The Balaban J connectivity index is 1.58. The molecule has 4 heteroatoms. The van der Waals surface area contributed by atoms with Gasteiger partial charge in [-0.3, -0.25) is 4.90 Å². The molecule has 0 aliphatic rings. The zero-order chi connectivity index (χ0) is 19.2. The van der Waals surface area contributed by atoms with Gasteiger partial charge in [-0.1, -0.05) is 43.3 Å². The Labute approximate surface area is 171 Å². The van der Waals surface area contributed by atoms with Crippen LogP contribution in [0.15, 0.2) is 60.7 Å². The third-order valence-electron chi connectivity index (χ3n) is 4.74. The molecule has 0 fully saturated rings. The number of rotatable bonds is 14. The van der Waals surface area contributed by atoms with Crippen LogP contribution in [0.1, 0.15) is 39.0 Å². The van der Waals surface area contributed by atoms with Crippen molar-refractivity contribution < 1.29 is 0 Å². The van der Waals surface area contributed by atoms with E-state index in [9.17, 15) is 0 Å². The lowest BCUT2D eigenvalue weighted by molar-refractivity contribution is 0.244. The number of para-hydroxylation sites is 2. The van der Waals surface area contributed by atoms with Crippen molar-refractivity contribution in [2.75, 3.05) is 36.8 Å². The Morgan fingerprint density at radius 3 is 1.59 bits per heavy atom. The Morgan fingerprint density at radius 2 is 1.19 bits per heavy atom. The van der Waals surface area contributed by atoms with Gasteiger partial charge in [-0.05, 0) is 69.5 Å². The average molecular weight is 386 g/mol. The molecular weight excluding hydrogens is 350 g/mol. The summed E-state index contributed by atoms with van der Waals surface area (Å²) in [5.74, 6) is 0. The Hall–Kier alpha value is -1.65. The molecule has 2 aromatic rings. The summed E-state index contributed by atoms with van der Waals surface area (Å²) in [4.78, 5) is 2.54. The van der Waals surface area contributed by atoms with Crippen LogP contribution in [0.4, 0.5) is 11.4 Å². The van der Waals surface area contributed by atoms with Gasteiger partial charge in [-0.2, -0.15) is 12.6 Å². The molecule has 2 N–H and O–H groups in total. The third kappa shape index (κ3) is 9.21. The molecule has 0 saturated carbocycles. The largest absolute Gasteiger partial charge is 0.385 e. The van der Waals surface area contributed by atoms with Crippen molar-refractivity contribution in [2.45, 2.75) is 44.4 Å². The Kier molecular flexibility index (Phi) is 10.8. The van der Waals surface area contributed by atoms with Crippen LogP contribution < -0.4 is 10.6 Å². The Bertz CT molecular complexity index is 542. The molecule has 148 valence electrons. The molecule has 1 atom stereocenters. The fraction of sp³-hybridized carbons (Fsp3) is 0.478. The van der Waals surface area contributed by atoms with E-state index in [0.29, 0.717) is 5.37 Å². The lowest BCUT2D eigenvalue weighted by Crippen LogP contribution is -2.33. The highest BCUT2D eigenvalue weighted by atomic mass is 32.1. The molecule has 2 aromatic carbocycles. The van der Waals surface area contributed by atoms with E-state index in [1.165, 1.54) is 37.1 Å². The number of thiol groups is 1. The number of unbranched alkanes of at least 4 members (excludes halogenated alkanes) is 2. The normalized spacial score (nSPS) is 12.1. The molecule has 1 unspecified atom stereocenters. The van der Waals surface area contributed by atoms with E-state index >= 15 is 0 Å². The molecule has 0 amide bonds. The zero-order valence-corrected chi connectivity index (χ0v) is 17.5. The highest BCUT2D eigenvalue weighted by Crippen LogP contribution is 2.12. The number of hydrogen-bond donors (Lipinski definition) is 3. The van der Waals surface area contributed by atoms with Crippen molar-refractivity contribution in [3.05, 3.63) is 60.7 Å². The van der Waals surface area contributed by atoms with Crippen LogP contribution in [0.2, 0.25) is 0 Å². The van der Waals surface area contributed by atoms with E-state index in [0.717, 1.165) is 32.6 Å². The van der Waals surface area contributed by atoms with Gasteiger partial charge in [0.1, 0.15) is 0 Å². The standard InChI is InChI=1S/C23H35N3S/c1-2-23(27)26(19-11-9-17-24-21-13-5-3-6-14-21)20-12-10-18-25-22-15-7-4-8-16-22/h3-8,13-16,23-25,27H,2,9-12,17-20H2,1H3. The molecule has 3 nitrogen and oxygen atoms in total. The molecule has 0 radical (unpaired) electrons. The van der Waals surface area contributed by atoms with Crippen LogP contribution in [0.3, 0.4) is 0 Å². The first-order valence-corrected chi connectivity index (χ1v) is 10.8. The summed E-state index contributed by atoms with van der Waals surface area (Å²) in [5, 5.41) is 7.35. The van der Waals surface area contributed by atoms with E-state index in [2.05, 4.69) is 83.1 Å². The van der Waals surface area contributed by atoms with Gasteiger partial charge in [0.05, 0.1) is 5.37 Å². The zero-order valence-electron chi connectivity index (χ0n) is 16.6. The van der Waals surface area contributed by atoms with Crippen LogP contribution in [0.5, 0.6) is 0 Å². The lowest BCUT2D eigenvalue weighted by atomic mass is 10.2. The maximum Gasteiger partial charge on any atom is 0.0524 e. The smallest absolute Gasteiger partial charge is 0.0524 e. The minimum absolute atomic E-state index is 0.370. The minimum atomic E-state index is 0.370. The predicted octanol–water partition coefficient (Wildman–Crippen LogP) is 5.74. The van der Waals surface area contributed by atoms with Crippen LogP contribution in [0.25, 0.3) is 0 Å². The monoisotopic (exact) mass is 385 g/mol. The van der Waals surface area contributed by atoms with Crippen molar-refractivity contribution in [3.8, 4) is 0 Å². The SMILES string of the molecule is CCC(S)N(CCCCNc1ccccc1)CCCCNc1ccccc1. The van der Waals surface area contributed by atoms with Gasteiger partial charge in [-0.25, -0.2) is 0 Å². The van der Waals surface area contributed by atoms with Crippen LogP contribution in [-0.2, 0) is 0 Å². The van der Waals surface area contributed by atoms with E-state index in [4.69, 9.17) is 12.6 Å². The Morgan fingerprint density at radius 1 is 0.741 bits per heavy atom. The molecule has 0 aromatic heterocycles. The van der Waals surface area contributed by atoms with Crippen molar-refractivity contribution in [1.29, 1.82) is 0 Å². The van der Waals surface area contributed by atoms with E-state index in [-0.39, 0.29) is 0 Å². The van der Waals surface area contributed by atoms with Crippen LogP contribution in [-0.4, -0.2) is 36.5 Å². The summed E-state index contributed by atoms with van der Waals surface area (Å²) in [7, 11) is 0. The lowest BCUT2D eigenvalue weighted by Gasteiger charge is -2.27. The second-order valence-electron chi connectivity index (χ2n) is 6.92. The first-order chi connectivity index (χ1) is 13.3. The predicted molar refractivity (Wildman–Crippen MR) is 123 cm³/mol. The van der Waals surface area contributed by atoms with Gasteiger partial charge >= 0.3 is 0 Å². The molecule has 0 spiro atoms. The maximum absolute atomic E-state index is 4.78. The van der Waals surface area contributed by atoms with Gasteiger partial charge < -0.3 is 10.6 Å². The molecule has 0 heterocycles. The van der Waals surface area contributed by atoms with Gasteiger partial charge in [0.15, 0.2) is 0 Å². The van der Waals surface area contributed by atoms with Crippen LogP contribution in [0, 0.1) is 0 Å². The highest BCUT2D eigenvalue weighted by Gasteiger charge is 2.11. The molecule has 0 saturated heterocycles. The third-order valence-corrected chi connectivity index (χ3v) is 5.43.